The number of morpholine rings is 1. The molecule has 27 heavy (non-hydrogen) atoms. The van der Waals surface area contributed by atoms with E-state index in [0.29, 0.717) is 32.7 Å². The number of nitrogens with zero attached hydrogens (tertiary/aromatic N) is 2. The summed E-state index contributed by atoms with van der Waals surface area (Å²) >= 11 is 0. The Morgan fingerprint density at radius 1 is 1.15 bits per heavy atom. The van der Waals surface area contributed by atoms with Gasteiger partial charge in [-0.2, -0.15) is 0 Å². The number of amides is 2. The second-order valence-electron chi connectivity index (χ2n) is 7.93. The van der Waals surface area contributed by atoms with Crippen LogP contribution in [0.3, 0.4) is 0 Å². The van der Waals surface area contributed by atoms with E-state index in [-0.39, 0.29) is 30.9 Å². The van der Waals surface area contributed by atoms with E-state index < -0.39 is 5.60 Å². The molecule has 0 bridgehead atoms. The highest BCUT2D eigenvalue weighted by Gasteiger charge is 2.42. The topological polar surface area (TPSA) is 68.3 Å². The number of piperidine rings is 1. The van der Waals surface area contributed by atoms with Gasteiger partial charge in [0.15, 0.2) is 0 Å². The first-order chi connectivity index (χ1) is 12.8. The molecule has 3 rings (SSSR count). The third-order valence-corrected chi connectivity index (χ3v) is 4.68. The van der Waals surface area contributed by atoms with E-state index in [1.165, 1.54) is 0 Å². The number of ether oxygens (including phenoxy) is 3. The van der Waals surface area contributed by atoms with Crippen molar-refractivity contribution in [1.82, 2.24) is 9.80 Å². The molecule has 1 aromatic carbocycles. The van der Waals surface area contributed by atoms with Crippen LogP contribution in [0, 0.1) is 0 Å². The third-order valence-electron chi connectivity index (χ3n) is 4.68. The highest BCUT2D eigenvalue weighted by Crippen LogP contribution is 2.25. The molecule has 148 valence electrons. The van der Waals surface area contributed by atoms with Crippen LogP contribution in [0.5, 0.6) is 0 Å². The van der Waals surface area contributed by atoms with Crippen molar-refractivity contribution in [2.24, 2.45) is 0 Å². The van der Waals surface area contributed by atoms with Gasteiger partial charge in [0.05, 0.1) is 25.3 Å². The summed E-state index contributed by atoms with van der Waals surface area (Å²) in [5, 5.41) is 0. The first-order valence-corrected chi connectivity index (χ1v) is 9.40. The quantitative estimate of drug-likeness (QED) is 0.794. The maximum atomic E-state index is 12.5. The van der Waals surface area contributed by atoms with Crippen LogP contribution in [0.2, 0.25) is 0 Å². The van der Waals surface area contributed by atoms with E-state index in [4.69, 9.17) is 14.2 Å². The smallest absolute Gasteiger partial charge is 0.410 e. The minimum Gasteiger partial charge on any atom is -0.445 e. The molecular weight excluding hydrogens is 348 g/mol. The van der Waals surface area contributed by atoms with Crippen LogP contribution in [0.1, 0.15) is 32.8 Å². The Labute approximate surface area is 160 Å². The molecule has 0 spiro atoms. The Morgan fingerprint density at radius 2 is 1.89 bits per heavy atom. The monoisotopic (exact) mass is 376 g/mol. The molecule has 2 saturated heterocycles. The molecule has 0 saturated carbocycles. The van der Waals surface area contributed by atoms with Crippen molar-refractivity contribution in [3.8, 4) is 0 Å². The molecule has 0 N–H and O–H groups in total. The molecule has 7 nitrogen and oxygen atoms in total. The molecule has 2 amide bonds. The van der Waals surface area contributed by atoms with Gasteiger partial charge < -0.3 is 24.0 Å². The van der Waals surface area contributed by atoms with Crippen LogP contribution in [0.4, 0.5) is 9.59 Å². The van der Waals surface area contributed by atoms with Gasteiger partial charge in [-0.3, -0.25) is 0 Å². The number of carbonyl (C=O) groups is 2. The van der Waals surface area contributed by atoms with E-state index in [1.807, 2.05) is 51.1 Å². The third kappa shape index (κ3) is 5.13. The van der Waals surface area contributed by atoms with Crippen molar-refractivity contribution in [3.05, 3.63) is 35.9 Å². The summed E-state index contributed by atoms with van der Waals surface area (Å²) in [5.41, 5.74) is 0.415. The van der Waals surface area contributed by atoms with Crippen molar-refractivity contribution >= 4 is 12.2 Å². The molecule has 2 heterocycles. The molecule has 2 fully saturated rings. The van der Waals surface area contributed by atoms with Gasteiger partial charge in [-0.25, -0.2) is 9.59 Å². The van der Waals surface area contributed by atoms with Crippen molar-refractivity contribution in [3.63, 3.8) is 0 Å². The van der Waals surface area contributed by atoms with Gasteiger partial charge >= 0.3 is 12.2 Å². The van der Waals surface area contributed by atoms with E-state index in [9.17, 15) is 9.59 Å². The Bertz CT molecular complexity index is 658. The van der Waals surface area contributed by atoms with Crippen molar-refractivity contribution < 1.29 is 23.8 Å². The molecular formula is C20H28N2O5. The van der Waals surface area contributed by atoms with Crippen LogP contribution < -0.4 is 0 Å². The normalized spacial score (nSPS) is 22.8. The Kier molecular flexibility index (Phi) is 5.89. The molecule has 2 aliphatic heterocycles. The molecule has 0 radical (unpaired) electrons. The lowest BCUT2D eigenvalue weighted by atomic mass is 9.99. The average molecular weight is 376 g/mol. The minimum absolute atomic E-state index is 0.0771. The number of rotatable bonds is 2. The lowest BCUT2D eigenvalue weighted by Gasteiger charge is -2.46. The highest BCUT2D eigenvalue weighted by atomic mass is 16.6. The number of hydrogen-bond acceptors (Lipinski definition) is 5. The summed E-state index contributed by atoms with van der Waals surface area (Å²) < 4.78 is 16.8. The maximum absolute atomic E-state index is 12.5. The first-order valence-electron chi connectivity index (χ1n) is 9.40. The largest absolute Gasteiger partial charge is 0.445 e. The van der Waals surface area contributed by atoms with Gasteiger partial charge in [-0.05, 0) is 32.8 Å². The Balaban J connectivity index is 1.55. The van der Waals surface area contributed by atoms with E-state index in [0.717, 1.165) is 5.56 Å². The Morgan fingerprint density at radius 3 is 2.59 bits per heavy atom. The predicted molar refractivity (Wildman–Crippen MR) is 99.3 cm³/mol. The van der Waals surface area contributed by atoms with Crippen molar-refractivity contribution in [2.45, 2.75) is 51.5 Å². The Hall–Kier alpha value is -2.28. The maximum Gasteiger partial charge on any atom is 0.410 e. The van der Waals surface area contributed by atoms with Crippen LogP contribution in [-0.2, 0) is 20.8 Å². The first kappa shape index (κ1) is 19.5. The number of carbonyl (C=O) groups excluding carboxylic acids is 2. The number of hydrogen-bond donors (Lipinski definition) is 0. The van der Waals surface area contributed by atoms with Crippen LogP contribution in [0.25, 0.3) is 0 Å². The van der Waals surface area contributed by atoms with E-state index in [2.05, 4.69) is 0 Å². The van der Waals surface area contributed by atoms with Crippen LogP contribution >= 0.6 is 0 Å². The van der Waals surface area contributed by atoms with Gasteiger partial charge in [0, 0.05) is 13.1 Å². The minimum atomic E-state index is -0.535. The highest BCUT2D eigenvalue weighted by molar-refractivity contribution is 5.70. The molecule has 0 aliphatic carbocycles. The summed E-state index contributed by atoms with van der Waals surface area (Å²) in [5.74, 6) is 0. The SMILES string of the molecule is CC(C)(C)OC(=O)N1CCOC2CN(C(=O)OCc3ccccc3)CCC21. The summed E-state index contributed by atoms with van der Waals surface area (Å²) in [4.78, 5) is 28.3. The van der Waals surface area contributed by atoms with Gasteiger partial charge in [0.1, 0.15) is 12.2 Å². The van der Waals surface area contributed by atoms with Gasteiger partial charge in [-0.1, -0.05) is 30.3 Å². The summed E-state index contributed by atoms with van der Waals surface area (Å²) in [6, 6.07) is 9.51. The second kappa shape index (κ2) is 8.17. The van der Waals surface area contributed by atoms with Crippen molar-refractivity contribution in [1.29, 1.82) is 0 Å². The fourth-order valence-electron chi connectivity index (χ4n) is 3.42. The van der Waals surface area contributed by atoms with Crippen LogP contribution in [-0.4, -0.2) is 66.0 Å². The number of likely N-dealkylation sites (tertiary alicyclic amines) is 1. The van der Waals surface area contributed by atoms with E-state index >= 15 is 0 Å². The van der Waals surface area contributed by atoms with Gasteiger partial charge in [0.25, 0.3) is 0 Å². The zero-order valence-corrected chi connectivity index (χ0v) is 16.2. The molecule has 1 aromatic rings. The summed E-state index contributed by atoms with van der Waals surface area (Å²) in [6.45, 7) is 7.70. The van der Waals surface area contributed by atoms with Gasteiger partial charge in [0.2, 0.25) is 0 Å². The summed E-state index contributed by atoms with van der Waals surface area (Å²) in [7, 11) is 0. The zero-order valence-electron chi connectivity index (χ0n) is 16.2. The zero-order chi connectivity index (χ0) is 19.4. The molecule has 7 heteroatoms. The molecule has 0 aromatic heterocycles. The lowest BCUT2D eigenvalue weighted by molar-refractivity contribution is -0.101. The van der Waals surface area contributed by atoms with Crippen molar-refractivity contribution in [2.75, 3.05) is 26.2 Å². The second-order valence-corrected chi connectivity index (χ2v) is 7.93. The summed E-state index contributed by atoms with van der Waals surface area (Å²) in [6.07, 6.45) is -0.245. The molecule has 2 aliphatic rings. The fraction of sp³-hybridized carbons (Fsp3) is 0.600. The molecule has 2 atom stereocenters. The number of fused-ring (bicyclic) bond motifs is 1. The van der Waals surface area contributed by atoms with Crippen LogP contribution in [0.15, 0.2) is 30.3 Å². The average Bonchev–Trinajstić information content (AvgIpc) is 2.64. The van der Waals surface area contributed by atoms with E-state index in [1.54, 1.807) is 9.80 Å². The molecule has 2 unspecified atom stereocenters. The fourth-order valence-corrected chi connectivity index (χ4v) is 3.42. The predicted octanol–water partition coefficient (Wildman–Crippen LogP) is 3.03. The standard InChI is InChI=1S/C20H28N2O5/c1-20(2,3)27-19(24)22-11-12-25-17-13-21(10-9-16(17)22)18(23)26-14-15-7-5-4-6-8-15/h4-8,16-17H,9-14H2,1-3H3. The number of benzene rings is 1. The lowest BCUT2D eigenvalue weighted by Crippen LogP contribution is -2.61. The van der Waals surface area contributed by atoms with Gasteiger partial charge in [-0.15, -0.1) is 0 Å².